The highest BCUT2D eigenvalue weighted by Crippen LogP contribution is 2.25. The van der Waals surface area contributed by atoms with Crippen LogP contribution in [0.5, 0.6) is 0 Å². The number of ketones is 1. The molecular formula is C16H17BrClN3O3. The largest absolute Gasteiger partial charge is 0.391 e. The maximum Gasteiger partial charge on any atom is 0.261 e. The molecule has 2 aromatic rings. The van der Waals surface area contributed by atoms with Crippen molar-refractivity contribution in [2.75, 3.05) is 6.54 Å². The lowest BCUT2D eigenvalue weighted by atomic mass is 9.97. The zero-order valence-electron chi connectivity index (χ0n) is 12.8. The minimum Gasteiger partial charge on any atom is -0.391 e. The summed E-state index contributed by atoms with van der Waals surface area (Å²) in [6.45, 7) is 0.730. The first-order valence-corrected chi connectivity index (χ1v) is 8.90. The molecule has 0 amide bonds. The van der Waals surface area contributed by atoms with E-state index < -0.39 is 6.10 Å². The second-order valence-electron chi connectivity index (χ2n) is 5.97. The Morgan fingerprint density at radius 3 is 3.04 bits per heavy atom. The standard InChI is InChI=1S/C16H17BrClN3O3/c17-11-5-10-13(6-12(11)18)20-8-21(16(10)24)7-9(22)4-14-15(23)2-1-3-19-14/h5-6,8,14-15,19,23H,1-4,7H2/t14-,15+/m1/s1. The molecule has 8 heteroatoms. The van der Waals surface area contributed by atoms with Crippen LogP contribution < -0.4 is 10.9 Å². The highest BCUT2D eigenvalue weighted by atomic mass is 79.9. The fraction of sp³-hybridized carbons (Fsp3) is 0.438. The third kappa shape index (κ3) is 3.69. The number of nitrogens with one attached hydrogen (secondary N) is 1. The number of hydrogen-bond acceptors (Lipinski definition) is 5. The molecule has 0 spiro atoms. The Morgan fingerprint density at radius 1 is 1.50 bits per heavy atom. The predicted molar refractivity (Wildman–Crippen MR) is 95.4 cm³/mol. The average Bonchev–Trinajstić information content (AvgIpc) is 2.54. The number of nitrogens with zero attached hydrogens (tertiary/aromatic N) is 2. The van der Waals surface area contributed by atoms with Gasteiger partial charge in [0, 0.05) is 16.9 Å². The molecule has 1 aliphatic heterocycles. The predicted octanol–water partition coefficient (Wildman–Crippen LogP) is 1.88. The van der Waals surface area contributed by atoms with Crippen LogP contribution >= 0.6 is 27.5 Å². The number of benzene rings is 1. The number of rotatable bonds is 4. The molecule has 1 aromatic carbocycles. The van der Waals surface area contributed by atoms with Gasteiger partial charge in [0.15, 0.2) is 5.78 Å². The Hall–Kier alpha value is -1.28. The maximum atomic E-state index is 12.5. The van der Waals surface area contributed by atoms with Gasteiger partial charge >= 0.3 is 0 Å². The van der Waals surface area contributed by atoms with Crippen LogP contribution in [-0.4, -0.2) is 39.1 Å². The summed E-state index contributed by atoms with van der Waals surface area (Å²) < 4.78 is 1.90. The topological polar surface area (TPSA) is 84.2 Å². The second-order valence-corrected chi connectivity index (χ2v) is 7.24. The Balaban J connectivity index is 1.79. The SMILES string of the molecule is O=C(C[C@H]1NCCC[C@@H]1O)Cn1cnc2cc(Cl)c(Br)cc2c1=O. The normalized spacial score (nSPS) is 21.1. The molecule has 128 valence electrons. The second kappa shape index (κ2) is 7.31. The van der Waals surface area contributed by atoms with Crippen LogP contribution in [0.15, 0.2) is 27.7 Å². The monoisotopic (exact) mass is 413 g/mol. The molecular weight excluding hydrogens is 398 g/mol. The van der Waals surface area contributed by atoms with Gasteiger partial charge in [0.2, 0.25) is 0 Å². The highest BCUT2D eigenvalue weighted by Gasteiger charge is 2.25. The first kappa shape index (κ1) is 17.5. The first-order valence-electron chi connectivity index (χ1n) is 7.73. The fourth-order valence-corrected chi connectivity index (χ4v) is 3.41. The number of carbonyl (C=O) groups excluding carboxylic acids is 1. The van der Waals surface area contributed by atoms with Crippen LogP contribution in [0, 0.1) is 0 Å². The number of fused-ring (bicyclic) bond motifs is 1. The van der Waals surface area contributed by atoms with Crippen molar-refractivity contribution in [2.45, 2.75) is 38.0 Å². The van der Waals surface area contributed by atoms with E-state index in [2.05, 4.69) is 26.2 Å². The summed E-state index contributed by atoms with van der Waals surface area (Å²) in [6, 6.07) is 2.97. The molecule has 1 saturated heterocycles. The smallest absolute Gasteiger partial charge is 0.261 e. The number of Topliss-reactive ketones (excluding diaryl/α,β-unsaturated/α-hetero) is 1. The van der Waals surface area contributed by atoms with Gasteiger partial charge in [-0.2, -0.15) is 0 Å². The van der Waals surface area contributed by atoms with Crippen molar-refractivity contribution in [1.29, 1.82) is 0 Å². The number of carbonyl (C=O) groups is 1. The minimum atomic E-state index is -0.521. The van der Waals surface area contributed by atoms with Gasteiger partial charge in [-0.25, -0.2) is 4.98 Å². The van der Waals surface area contributed by atoms with E-state index in [1.807, 2.05) is 0 Å². The highest BCUT2D eigenvalue weighted by molar-refractivity contribution is 9.10. The van der Waals surface area contributed by atoms with E-state index in [9.17, 15) is 14.7 Å². The van der Waals surface area contributed by atoms with Crippen molar-refractivity contribution in [3.05, 3.63) is 38.3 Å². The van der Waals surface area contributed by atoms with Crippen LogP contribution in [0.1, 0.15) is 19.3 Å². The molecule has 1 aromatic heterocycles. The number of piperidine rings is 1. The Morgan fingerprint density at radius 2 is 2.29 bits per heavy atom. The van der Waals surface area contributed by atoms with Gasteiger partial charge in [0.25, 0.3) is 5.56 Å². The molecule has 0 aliphatic carbocycles. The Kier molecular flexibility index (Phi) is 5.34. The summed E-state index contributed by atoms with van der Waals surface area (Å²) >= 11 is 9.29. The number of aliphatic hydroxyl groups excluding tert-OH is 1. The molecule has 0 unspecified atom stereocenters. The molecule has 0 bridgehead atoms. The lowest BCUT2D eigenvalue weighted by Gasteiger charge is -2.28. The van der Waals surface area contributed by atoms with E-state index in [0.717, 1.165) is 13.0 Å². The van der Waals surface area contributed by atoms with E-state index in [1.165, 1.54) is 10.9 Å². The number of hydrogen-bond donors (Lipinski definition) is 2. The van der Waals surface area contributed by atoms with Gasteiger partial charge in [-0.3, -0.25) is 14.2 Å². The molecule has 0 radical (unpaired) electrons. The van der Waals surface area contributed by atoms with Crippen LogP contribution in [0.2, 0.25) is 5.02 Å². The molecule has 0 saturated carbocycles. The van der Waals surface area contributed by atoms with Crippen LogP contribution in [0.3, 0.4) is 0 Å². The van der Waals surface area contributed by atoms with Gasteiger partial charge in [-0.1, -0.05) is 11.6 Å². The zero-order valence-corrected chi connectivity index (χ0v) is 15.2. The van der Waals surface area contributed by atoms with Crippen LogP contribution in [-0.2, 0) is 11.3 Å². The number of aromatic nitrogens is 2. The molecule has 1 fully saturated rings. The lowest BCUT2D eigenvalue weighted by Crippen LogP contribution is -2.46. The van der Waals surface area contributed by atoms with Gasteiger partial charge in [-0.05, 0) is 47.4 Å². The number of aliphatic hydroxyl groups is 1. The van der Waals surface area contributed by atoms with Crippen LogP contribution in [0.4, 0.5) is 0 Å². The quantitative estimate of drug-likeness (QED) is 0.798. The number of halogens is 2. The molecule has 2 atom stereocenters. The van der Waals surface area contributed by atoms with E-state index in [0.29, 0.717) is 26.8 Å². The molecule has 2 heterocycles. The van der Waals surface area contributed by atoms with Gasteiger partial charge in [0.1, 0.15) is 0 Å². The van der Waals surface area contributed by atoms with Crippen molar-refractivity contribution in [2.24, 2.45) is 0 Å². The van der Waals surface area contributed by atoms with Gasteiger partial charge in [-0.15, -0.1) is 0 Å². The van der Waals surface area contributed by atoms with Crippen molar-refractivity contribution in [3.63, 3.8) is 0 Å². The van der Waals surface area contributed by atoms with Crippen LogP contribution in [0.25, 0.3) is 10.9 Å². The summed E-state index contributed by atoms with van der Waals surface area (Å²) in [4.78, 5) is 29.0. The molecule has 1 aliphatic rings. The van der Waals surface area contributed by atoms with Crippen molar-refractivity contribution >= 4 is 44.2 Å². The third-order valence-electron chi connectivity index (χ3n) is 4.21. The average molecular weight is 415 g/mol. The molecule has 3 rings (SSSR count). The molecule has 24 heavy (non-hydrogen) atoms. The van der Waals surface area contributed by atoms with E-state index in [1.54, 1.807) is 12.1 Å². The Labute approximate surface area is 152 Å². The summed E-state index contributed by atoms with van der Waals surface area (Å²) in [7, 11) is 0. The summed E-state index contributed by atoms with van der Waals surface area (Å²) in [5, 5.41) is 13.9. The van der Waals surface area contributed by atoms with E-state index in [4.69, 9.17) is 11.6 Å². The van der Waals surface area contributed by atoms with Crippen molar-refractivity contribution < 1.29 is 9.90 Å². The molecule has 6 nitrogen and oxygen atoms in total. The van der Waals surface area contributed by atoms with E-state index >= 15 is 0 Å². The summed E-state index contributed by atoms with van der Waals surface area (Å²) in [6.07, 6.45) is 2.62. The lowest BCUT2D eigenvalue weighted by molar-refractivity contribution is -0.121. The summed E-state index contributed by atoms with van der Waals surface area (Å²) in [5.74, 6) is -0.121. The minimum absolute atomic E-state index is 0.0626. The van der Waals surface area contributed by atoms with Crippen molar-refractivity contribution in [1.82, 2.24) is 14.9 Å². The Bertz CT molecular complexity index is 839. The third-order valence-corrected chi connectivity index (χ3v) is 5.41. The van der Waals surface area contributed by atoms with Gasteiger partial charge in [0.05, 0.1) is 34.9 Å². The first-order chi connectivity index (χ1) is 11.5. The van der Waals surface area contributed by atoms with Gasteiger partial charge < -0.3 is 10.4 Å². The maximum absolute atomic E-state index is 12.5. The zero-order chi connectivity index (χ0) is 17.3. The van der Waals surface area contributed by atoms with E-state index in [-0.39, 0.29) is 30.3 Å². The van der Waals surface area contributed by atoms with Crippen molar-refractivity contribution in [3.8, 4) is 0 Å². The summed E-state index contributed by atoms with van der Waals surface area (Å²) in [5.41, 5.74) is 0.198. The fourth-order valence-electron chi connectivity index (χ4n) is 2.91. The molecule has 2 N–H and O–H groups in total.